The molecule has 0 bridgehead atoms. The molecule has 2 aromatic rings. The predicted molar refractivity (Wildman–Crippen MR) is 155 cm³/mol. The van der Waals surface area contributed by atoms with Gasteiger partial charge < -0.3 is 26.0 Å². The van der Waals surface area contributed by atoms with Crippen LogP contribution >= 0.6 is 0 Å². The average molecular weight is 551 g/mol. The highest BCUT2D eigenvalue weighted by atomic mass is 16.6. The van der Waals surface area contributed by atoms with Crippen LogP contribution in [0.25, 0.3) is 0 Å². The van der Waals surface area contributed by atoms with Gasteiger partial charge in [-0.25, -0.2) is 4.79 Å². The fraction of sp³-hybridized carbons (Fsp3) is 0.484. The summed E-state index contributed by atoms with van der Waals surface area (Å²) in [5, 5.41) is 5.72. The lowest BCUT2D eigenvalue weighted by atomic mass is 9.87. The molecule has 4 amide bonds. The van der Waals surface area contributed by atoms with Gasteiger partial charge >= 0.3 is 6.09 Å². The lowest BCUT2D eigenvalue weighted by Crippen LogP contribution is -2.57. The Morgan fingerprint density at radius 2 is 1.65 bits per heavy atom. The highest BCUT2D eigenvalue weighted by Crippen LogP contribution is 2.35. The summed E-state index contributed by atoms with van der Waals surface area (Å²) in [5.74, 6) is -1.41. The minimum Gasteiger partial charge on any atom is -0.444 e. The minimum absolute atomic E-state index is 0.0182. The quantitative estimate of drug-likeness (QED) is 0.390. The summed E-state index contributed by atoms with van der Waals surface area (Å²) in [6.45, 7) is 10.9. The van der Waals surface area contributed by atoms with Gasteiger partial charge in [0, 0.05) is 18.2 Å². The van der Waals surface area contributed by atoms with Crippen molar-refractivity contribution in [3.8, 4) is 0 Å². The maximum Gasteiger partial charge on any atom is 0.408 e. The first kappa shape index (κ1) is 30.7. The monoisotopic (exact) mass is 550 g/mol. The van der Waals surface area contributed by atoms with Gasteiger partial charge in [-0.3, -0.25) is 14.4 Å². The Balaban J connectivity index is 2.05. The molecule has 0 spiro atoms. The third-order valence-electron chi connectivity index (χ3n) is 7.00. The highest BCUT2D eigenvalue weighted by Gasteiger charge is 2.42. The van der Waals surface area contributed by atoms with Gasteiger partial charge in [-0.15, -0.1) is 0 Å². The number of carbonyl (C=O) groups is 4. The number of ether oxygens (including phenoxy) is 1. The van der Waals surface area contributed by atoms with Crippen LogP contribution < -0.4 is 16.4 Å². The van der Waals surface area contributed by atoms with Crippen LogP contribution in [0.15, 0.2) is 42.5 Å². The first-order chi connectivity index (χ1) is 18.8. The molecule has 0 heterocycles. The number of hydrogen-bond acceptors (Lipinski definition) is 5. The van der Waals surface area contributed by atoms with Crippen molar-refractivity contribution in [2.24, 2.45) is 5.73 Å². The molecule has 0 aliphatic heterocycles. The van der Waals surface area contributed by atoms with Gasteiger partial charge in [0.25, 0.3) is 5.91 Å². The number of amides is 4. The Hall–Kier alpha value is -3.88. The highest BCUT2D eigenvalue weighted by molar-refractivity contribution is 6.00. The summed E-state index contributed by atoms with van der Waals surface area (Å²) in [4.78, 5) is 54.4. The third kappa shape index (κ3) is 8.07. The van der Waals surface area contributed by atoms with E-state index in [1.165, 1.54) is 0 Å². The van der Waals surface area contributed by atoms with Gasteiger partial charge in [-0.1, -0.05) is 48.0 Å². The molecule has 216 valence electrons. The number of nitrogens with one attached hydrogen (secondary N) is 2. The smallest absolute Gasteiger partial charge is 0.408 e. The van der Waals surface area contributed by atoms with Gasteiger partial charge in [0.2, 0.25) is 11.8 Å². The van der Waals surface area contributed by atoms with E-state index >= 15 is 0 Å². The molecular formula is C31H42N4O5. The van der Waals surface area contributed by atoms with Gasteiger partial charge in [-0.05, 0) is 83.9 Å². The number of hydrogen-bond donors (Lipinski definition) is 3. The Morgan fingerprint density at radius 1 is 1.02 bits per heavy atom. The van der Waals surface area contributed by atoms with E-state index in [1.54, 1.807) is 25.7 Å². The Morgan fingerprint density at radius 3 is 2.17 bits per heavy atom. The number of para-hydroxylation sites is 1. The van der Waals surface area contributed by atoms with Crippen molar-refractivity contribution in [1.82, 2.24) is 10.2 Å². The predicted octanol–water partition coefficient (Wildman–Crippen LogP) is 4.83. The molecule has 3 rings (SSSR count). The van der Waals surface area contributed by atoms with E-state index < -0.39 is 35.6 Å². The number of carbonyl (C=O) groups excluding carboxylic acids is 4. The Bertz CT molecular complexity index is 1230. The van der Waals surface area contributed by atoms with Crippen molar-refractivity contribution < 1.29 is 23.9 Å². The first-order valence-electron chi connectivity index (χ1n) is 13.8. The summed E-state index contributed by atoms with van der Waals surface area (Å²) in [6.07, 6.45) is 1.44. The lowest BCUT2D eigenvalue weighted by Gasteiger charge is -2.43. The number of nitrogens with two attached hydrogens (primary N) is 1. The Labute approximate surface area is 236 Å². The molecule has 1 fully saturated rings. The van der Waals surface area contributed by atoms with Gasteiger partial charge in [0.05, 0.1) is 0 Å². The molecule has 0 saturated heterocycles. The van der Waals surface area contributed by atoms with Crippen molar-refractivity contribution >= 4 is 29.5 Å². The summed E-state index contributed by atoms with van der Waals surface area (Å²) >= 11 is 0. The molecular weight excluding hydrogens is 508 g/mol. The van der Waals surface area contributed by atoms with Crippen molar-refractivity contribution in [3.63, 3.8) is 0 Å². The van der Waals surface area contributed by atoms with Crippen LogP contribution in [0.5, 0.6) is 0 Å². The zero-order valence-electron chi connectivity index (χ0n) is 24.4. The second-order valence-electron chi connectivity index (χ2n) is 11.6. The largest absolute Gasteiger partial charge is 0.444 e. The average Bonchev–Trinajstić information content (AvgIpc) is 2.81. The van der Waals surface area contributed by atoms with Crippen LogP contribution in [-0.4, -0.2) is 46.4 Å². The zero-order chi connectivity index (χ0) is 29.6. The summed E-state index contributed by atoms with van der Waals surface area (Å²) < 4.78 is 5.40. The first-order valence-corrected chi connectivity index (χ1v) is 13.8. The van der Waals surface area contributed by atoms with E-state index in [2.05, 4.69) is 10.6 Å². The SMILES string of the molecule is Cc1cccc(C(C(=O)Nc2c(C)cccc2C)N(C(=O)C(CCC(N)=O)NC(=O)OC(C)(C)C)C2CCC2)c1. The molecule has 1 saturated carbocycles. The molecule has 40 heavy (non-hydrogen) atoms. The summed E-state index contributed by atoms with van der Waals surface area (Å²) in [5.41, 5.74) is 8.73. The number of anilines is 1. The normalized spacial score (nSPS) is 14.8. The summed E-state index contributed by atoms with van der Waals surface area (Å²) in [6, 6.07) is 11.0. The van der Waals surface area contributed by atoms with Crippen LogP contribution in [0.2, 0.25) is 0 Å². The molecule has 1 aliphatic carbocycles. The molecule has 0 aromatic heterocycles. The number of aryl methyl sites for hydroxylation is 3. The molecule has 0 radical (unpaired) electrons. The van der Waals surface area contributed by atoms with Crippen LogP contribution in [0, 0.1) is 20.8 Å². The van der Waals surface area contributed by atoms with Crippen LogP contribution in [-0.2, 0) is 19.1 Å². The maximum absolute atomic E-state index is 14.3. The summed E-state index contributed by atoms with van der Waals surface area (Å²) in [7, 11) is 0. The van der Waals surface area contributed by atoms with Gasteiger partial charge in [-0.2, -0.15) is 0 Å². The van der Waals surface area contributed by atoms with Crippen molar-refractivity contribution in [1.29, 1.82) is 0 Å². The zero-order valence-corrected chi connectivity index (χ0v) is 24.4. The second kappa shape index (κ2) is 13.0. The third-order valence-corrected chi connectivity index (χ3v) is 7.00. The van der Waals surface area contributed by atoms with Crippen molar-refractivity contribution in [2.75, 3.05) is 5.32 Å². The van der Waals surface area contributed by atoms with E-state index in [0.29, 0.717) is 11.3 Å². The number of alkyl carbamates (subject to hydrolysis) is 1. The molecule has 2 aromatic carbocycles. The molecule has 4 N–H and O–H groups in total. The molecule has 9 nitrogen and oxygen atoms in total. The molecule has 2 atom stereocenters. The second-order valence-corrected chi connectivity index (χ2v) is 11.6. The number of benzene rings is 2. The molecule has 1 aliphatic rings. The molecule has 9 heteroatoms. The van der Waals surface area contributed by atoms with E-state index in [0.717, 1.165) is 36.0 Å². The van der Waals surface area contributed by atoms with Crippen molar-refractivity contribution in [3.05, 3.63) is 64.7 Å². The molecule has 2 unspecified atom stereocenters. The number of nitrogens with zero attached hydrogens (tertiary/aromatic N) is 1. The van der Waals surface area contributed by atoms with Crippen LogP contribution in [0.3, 0.4) is 0 Å². The van der Waals surface area contributed by atoms with Crippen molar-refractivity contribution in [2.45, 2.75) is 97.4 Å². The fourth-order valence-corrected chi connectivity index (χ4v) is 4.84. The standard InChI is InChI=1S/C31H42N4O5/c1-19-10-7-13-22(18-19)27(28(37)34-26-20(2)11-8-12-21(26)3)35(23-14-9-15-23)29(38)24(16-17-25(32)36)33-30(39)40-31(4,5)6/h7-8,10-13,18,23-24,27H,9,14-17H2,1-6H3,(H2,32,36)(H,33,39)(H,34,37). The van der Waals surface area contributed by atoms with E-state index in [4.69, 9.17) is 10.5 Å². The van der Waals surface area contributed by atoms with Gasteiger partial charge in [0.15, 0.2) is 0 Å². The van der Waals surface area contributed by atoms with Crippen LogP contribution in [0.1, 0.15) is 81.2 Å². The topological polar surface area (TPSA) is 131 Å². The number of rotatable bonds is 10. The van der Waals surface area contributed by atoms with E-state index in [-0.39, 0.29) is 24.8 Å². The minimum atomic E-state index is -1.11. The maximum atomic E-state index is 14.3. The van der Waals surface area contributed by atoms with Crippen LogP contribution in [0.4, 0.5) is 10.5 Å². The Kier molecular flexibility index (Phi) is 9.95. The fourth-order valence-electron chi connectivity index (χ4n) is 4.84. The van der Waals surface area contributed by atoms with E-state index in [1.807, 2.05) is 63.2 Å². The van der Waals surface area contributed by atoms with E-state index in [9.17, 15) is 19.2 Å². The lowest BCUT2D eigenvalue weighted by molar-refractivity contribution is -0.146. The number of primary amides is 1. The van der Waals surface area contributed by atoms with Gasteiger partial charge in [0.1, 0.15) is 17.7 Å².